The number of hydrogen-bond donors (Lipinski definition) is 1. The van der Waals surface area contributed by atoms with Gasteiger partial charge in [0.05, 0.1) is 5.69 Å². The number of aryl methyl sites for hydroxylation is 1. The lowest BCUT2D eigenvalue weighted by molar-refractivity contribution is -0.118. The molecule has 0 saturated heterocycles. The normalized spacial score (nSPS) is 10.6. The van der Waals surface area contributed by atoms with Crippen molar-refractivity contribution in [3.63, 3.8) is 0 Å². The predicted octanol–water partition coefficient (Wildman–Crippen LogP) is 4.19. The molecule has 2 aromatic carbocycles. The van der Waals surface area contributed by atoms with Crippen molar-refractivity contribution >= 4 is 22.4 Å². The van der Waals surface area contributed by atoms with E-state index < -0.39 is 0 Å². The number of aromatic nitrogens is 3. The van der Waals surface area contributed by atoms with Crippen LogP contribution >= 0.6 is 11.3 Å². The van der Waals surface area contributed by atoms with Crippen LogP contribution in [0.5, 0.6) is 5.75 Å². The molecule has 0 aliphatic heterocycles. The summed E-state index contributed by atoms with van der Waals surface area (Å²) in [6, 6.07) is 16.7. The van der Waals surface area contributed by atoms with E-state index in [0.717, 1.165) is 11.3 Å². The monoisotopic (exact) mass is 392 g/mol. The quantitative estimate of drug-likeness (QED) is 0.529. The zero-order valence-corrected chi connectivity index (χ0v) is 15.8. The lowest BCUT2D eigenvalue weighted by Gasteiger charge is -2.06. The molecule has 4 aromatic rings. The zero-order chi connectivity index (χ0) is 19.3. The second-order valence-electron chi connectivity index (χ2n) is 5.95. The molecule has 2 heterocycles. The second-order valence-corrected chi connectivity index (χ2v) is 6.81. The molecule has 0 aliphatic carbocycles. The van der Waals surface area contributed by atoms with Gasteiger partial charge in [0.25, 0.3) is 11.8 Å². The van der Waals surface area contributed by atoms with E-state index in [-0.39, 0.29) is 12.5 Å². The number of amides is 1. The summed E-state index contributed by atoms with van der Waals surface area (Å²) in [6.45, 7) is 1.75. The van der Waals surface area contributed by atoms with Crippen molar-refractivity contribution in [3.05, 3.63) is 65.7 Å². The lowest BCUT2D eigenvalue weighted by atomic mass is 10.2. The fourth-order valence-corrected chi connectivity index (χ4v) is 3.18. The van der Waals surface area contributed by atoms with E-state index in [4.69, 9.17) is 9.26 Å². The van der Waals surface area contributed by atoms with Crippen molar-refractivity contribution in [1.29, 1.82) is 0 Å². The molecule has 8 heteroatoms. The maximum Gasteiger partial charge on any atom is 0.264 e. The van der Waals surface area contributed by atoms with Gasteiger partial charge in [-0.05, 0) is 25.1 Å². The van der Waals surface area contributed by atoms with E-state index in [1.807, 2.05) is 48.7 Å². The lowest BCUT2D eigenvalue weighted by Crippen LogP contribution is -2.20. The molecule has 0 atom stereocenters. The highest BCUT2D eigenvalue weighted by Crippen LogP contribution is 2.25. The number of nitrogens with one attached hydrogen (secondary N) is 1. The summed E-state index contributed by atoms with van der Waals surface area (Å²) >= 11 is 1.37. The zero-order valence-electron chi connectivity index (χ0n) is 15.0. The molecule has 1 amide bonds. The molecule has 2 aromatic heterocycles. The largest absolute Gasteiger partial charge is 0.484 e. The molecular formula is C20H16N4O3S. The van der Waals surface area contributed by atoms with Crippen LogP contribution in [-0.4, -0.2) is 27.6 Å². The second kappa shape index (κ2) is 8.01. The van der Waals surface area contributed by atoms with E-state index in [0.29, 0.717) is 28.2 Å². The molecule has 28 heavy (non-hydrogen) atoms. The highest BCUT2D eigenvalue weighted by Gasteiger charge is 2.12. The third-order valence-electron chi connectivity index (χ3n) is 3.77. The van der Waals surface area contributed by atoms with Gasteiger partial charge in [0.2, 0.25) is 5.82 Å². The number of carbonyl (C=O) groups excluding carboxylic acids is 1. The Bertz CT molecular complexity index is 1090. The highest BCUT2D eigenvalue weighted by molar-refractivity contribution is 7.13. The van der Waals surface area contributed by atoms with Crippen LogP contribution in [0.2, 0.25) is 0 Å². The highest BCUT2D eigenvalue weighted by atomic mass is 32.1. The SMILES string of the molecule is Cc1csc(NC(=O)COc2cccc(-c3nc(-c4ccccc4)no3)c2)n1. The van der Waals surface area contributed by atoms with Crippen LogP contribution in [0.15, 0.2) is 64.5 Å². The summed E-state index contributed by atoms with van der Waals surface area (Å²) < 4.78 is 10.9. The molecule has 0 fully saturated rings. The average Bonchev–Trinajstić information content (AvgIpc) is 3.37. The molecule has 0 radical (unpaired) electrons. The smallest absolute Gasteiger partial charge is 0.264 e. The topological polar surface area (TPSA) is 90.1 Å². The number of rotatable bonds is 6. The number of nitrogens with zero attached hydrogens (tertiary/aromatic N) is 3. The average molecular weight is 392 g/mol. The molecule has 0 aliphatic rings. The fraction of sp³-hybridized carbons (Fsp3) is 0.100. The van der Waals surface area contributed by atoms with Crippen molar-refractivity contribution in [2.45, 2.75) is 6.92 Å². The minimum absolute atomic E-state index is 0.124. The predicted molar refractivity (Wildman–Crippen MR) is 106 cm³/mol. The van der Waals surface area contributed by atoms with Gasteiger partial charge in [-0.3, -0.25) is 10.1 Å². The van der Waals surface area contributed by atoms with E-state index in [1.54, 1.807) is 18.2 Å². The molecule has 0 unspecified atom stereocenters. The number of carbonyl (C=O) groups is 1. The van der Waals surface area contributed by atoms with Crippen molar-refractivity contribution in [2.24, 2.45) is 0 Å². The van der Waals surface area contributed by atoms with Gasteiger partial charge in [-0.2, -0.15) is 4.98 Å². The number of thiazole rings is 1. The first-order valence-electron chi connectivity index (χ1n) is 8.52. The van der Waals surface area contributed by atoms with E-state index in [9.17, 15) is 4.79 Å². The molecular weight excluding hydrogens is 376 g/mol. The van der Waals surface area contributed by atoms with Crippen LogP contribution in [0.1, 0.15) is 5.69 Å². The standard InChI is InChI=1S/C20H16N4O3S/c1-13-12-28-20(21-13)22-17(25)11-26-16-9-5-8-15(10-16)19-23-18(24-27-19)14-6-3-2-4-7-14/h2-10,12H,11H2,1H3,(H,21,22,25). The summed E-state index contributed by atoms with van der Waals surface area (Å²) in [5.74, 6) is 1.15. The maximum absolute atomic E-state index is 12.0. The molecule has 7 nitrogen and oxygen atoms in total. The number of ether oxygens (including phenoxy) is 1. The first-order chi connectivity index (χ1) is 13.7. The molecule has 0 saturated carbocycles. The molecule has 0 bridgehead atoms. The Balaban J connectivity index is 1.42. The van der Waals surface area contributed by atoms with Crippen molar-refractivity contribution in [1.82, 2.24) is 15.1 Å². The van der Waals surface area contributed by atoms with Gasteiger partial charge in [-0.1, -0.05) is 41.6 Å². The Morgan fingerprint density at radius 2 is 1.93 bits per heavy atom. The third-order valence-corrected chi connectivity index (χ3v) is 4.65. The van der Waals surface area contributed by atoms with Gasteiger partial charge in [-0.25, -0.2) is 4.98 Å². The number of benzene rings is 2. The van der Waals surface area contributed by atoms with Gasteiger partial charge in [-0.15, -0.1) is 11.3 Å². The Labute approximate surface area is 165 Å². The van der Waals surface area contributed by atoms with Crippen molar-refractivity contribution in [2.75, 3.05) is 11.9 Å². The van der Waals surface area contributed by atoms with Crippen LogP contribution in [-0.2, 0) is 4.79 Å². The number of anilines is 1. The Morgan fingerprint density at radius 3 is 2.71 bits per heavy atom. The minimum Gasteiger partial charge on any atom is -0.484 e. The molecule has 4 rings (SSSR count). The van der Waals surface area contributed by atoms with Crippen LogP contribution < -0.4 is 10.1 Å². The molecule has 1 N–H and O–H groups in total. The molecule has 0 spiro atoms. The van der Waals surface area contributed by atoms with Gasteiger partial charge in [0.15, 0.2) is 11.7 Å². The van der Waals surface area contributed by atoms with Crippen molar-refractivity contribution in [3.8, 4) is 28.6 Å². The Morgan fingerprint density at radius 1 is 1.11 bits per heavy atom. The number of hydrogen-bond acceptors (Lipinski definition) is 7. The van der Waals surface area contributed by atoms with Crippen LogP contribution in [0.4, 0.5) is 5.13 Å². The van der Waals surface area contributed by atoms with Crippen molar-refractivity contribution < 1.29 is 14.1 Å². The summed E-state index contributed by atoms with van der Waals surface area (Å²) in [7, 11) is 0. The summed E-state index contributed by atoms with van der Waals surface area (Å²) in [5, 5.41) is 9.15. The van der Waals surface area contributed by atoms with Crippen LogP contribution in [0.3, 0.4) is 0 Å². The first kappa shape index (κ1) is 17.9. The summed E-state index contributed by atoms with van der Waals surface area (Å²) in [6.07, 6.45) is 0. The van der Waals surface area contributed by atoms with E-state index >= 15 is 0 Å². The Hall–Kier alpha value is -3.52. The van der Waals surface area contributed by atoms with Gasteiger partial charge >= 0.3 is 0 Å². The van der Waals surface area contributed by atoms with Gasteiger partial charge in [0, 0.05) is 16.5 Å². The van der Waals surface area contributed by atoms with Gasteiger partial charge in [0.1, 0.15) is 5.75 Å². The van der Waals surface area contributed by atoms with Gasteiger partial charge < -0.3 is 9.26 Å². The fourth-order valence-electron chi connectivity index (χ4n) is 2.48. The minimum atomic E-state index is -0.274. The van der Waals surface area contributed by atoms with E-state index in [2.05, 4.69) is 20.4 Å². The van der Waals surface area contributed by atoms with E-state index in [1.165, 1.54) is 11.3 Å². The third kappa shape index (κ3) is 4.24. The Kier molecular flexibility index (Phi) is 5.11. The molecule has 140 valence electrons. The van der Waals surface area contributed by atoms with Crippen LogP contribution in [0.25, 0.3) is 22.8 Å². The summed E-state index contributed by atoms with van der Waals surface area (Å²) in [4.78, 5) is 20.6. The van der Waals surface area contributed by atoms with Crippen LogP contribution in [0, 0.1) is 6.92 Å². The maximum atomic E-state index is 12.0. The summed E-state index contributed by atoms with van der Waals surface area (Å²) in [5.41, 5.74) is 2.45. The first-order valence-corrected chi connectivity index (χ1v) is 9.40.